The Hall–Kier alpha value is -1.32. The summed E-state index contributed by atoms with van der Waals surface area (Å²) in [6.45, 7) is 2.58. The van der Waals surface area contributed by atoms with Crippen molar-refractivity contribution in [2.45, 2.75) is 19.9 Å². The molecule has 3 heteroatoms. The van der Waals surface area contributed by atoms with Crippen molar-refractivity contribution in [2.75, 3.05) is 0 Å². The average Bonchev–Trinajstić information content (AvgIpc) is 2.41. The van der Waals surface area contributed by atoms with Gasteiger partial charge < -0.3 is 10.5 Å². The molecule has 0 spiro atoms. The zero-order valence-electron chi connectivity index (χ0n) is 10.3. The molecule has 0 amide bonds. The van der Waals surface area contributed by atoms with Crippen LogP contribution in [0.4, 0.5) is 0 Å². The molecule has 0 aliphatic carbocycles. The Morgan fingerprint density at radius 1 is 1.06 bits per heavy atom. The Labute approximate surface area is 116 Å². The largest absolute Gasteiger partial charge is 0.457 e. The number of ether oxygens (including phenoxy) is 1. The van der Waals surface area contributed by atoms with Gasteiger partial charge in [-0.1, -0.05) is 41.1 Å². The van der Waals surface area contributed by atoms with Crippen LogP contribution in [0, 0.1) is 0 Å². The molecule has 0 unspecified atom stereocenters. The van der Waals surface area contributed by atoms with Crippen LogP contribution in [-0.4, -0.2) is 0 Å². The van der Waals surface area contributed by atoms with E-state index in [0.717, 1.165) is 28.0 Å². The maximum Gasteiger partial charge on any atom is 0.132 e. The van der Waals surface area contributed by atoms with Crippen LogP contribution in [0.5, 0.6) is 11.5 Å². The fraction of sp³-hybridized carbons (Fsp3) is 0.200. The first-order valence-corrected chi connectivity index (χ1v) is 6.78. The van der Waals surface area contributed by atoms with E-state index in [-0.39, 0.29) is 0 Å². The Bertz CT molecular complexity index is 540. The summed E-state index contributed by atoms with van der Waals surface area (Å²) in [6, 6.07) is 14.0. The van der Waals surface area contributed by atoms with E-state index in [0.29, 0.717) is 6.54 Å². The molecule has 0 aliphatic rings. The van der Waals surface area contributed by atoms with Crippen LogP contribution in [0.3, 0.4) is 0 Å². The molecular weight excluding hydrogens is 290 g/mol. The number of nitrogens with two attached hydrogens (primary N) is 1. The van der Waals surface area contributed by atoms with Gasteiger partial charge in [0.05, 0.1) is 0 Å². The monoisotopic (exact) mass is 305 g/mol. The number of benzene rings is 2. The third-order valence-electron chi connectivity index (χ3n) is 2.82. The van der Waals surface area contributed by atoms with Crippen LogP contribution in [0.1, 0.15) is 18.1 Å². The first kappa shape index (κ1) is 13.1. The highest BCUT2D eigenvalue weighted by Crippen LogP contribution is 2.30. The highest BCUT2D eigenvalue weighted by Gasteiger charge is 2.07. The van der Waals surface area contributed by atoms with E-state index in [1.54, 1.807) is 0 Å². The van der Waals surface area contributed by atoms with Crippen molar-refractivity contribution >= 4 is 15.9 Å². The number of hydrogen-bond donors (Lipinski definition) is 1. The van der Waals surface area contributed by atoms with Crippen LogP contribution in [0.15, 0.2) is 46.9 Å². The van der Waals surface area contributed by atoms with Crippen LogP contribution in [-0.2, 0) is 13.0 Å². The van der Waals surface area contributed by atoms with Crippen molar-refractivity contribution in [3.8, 4) is 11.5 Å². The van der Waals surface area contributed by atoms with Gasteiger partial charge in [-0.3, -0.25) is 0 Å². The van der Waals surface area contributed by atoms with Gasteiger partial charge in [-0.25, -0.2) is 0 Å². The molecule has 0 aliphatic heterocycles. The minimum Gasteiger partial charge on any atom is -0.457 e. The lowest BCUT2D eigenvalue weighted by molar-refractivity contribution is 0.470. The van der Waals surface area contributed by atoms with Crippen LogP contribution < -0.4 is 10.5 Å². The van der Waals surface area contributed by atoms with E-state index in [1.165, 1.54) is 5.56 Å². The van der Waals surface area contributed by atoms with Crippen molar-refractivity contribution in [1.29, 1.82) is 0 Å². The molecule has 2 aromatic carbocycles. The molecule has 2 rings (SSSR count). The van der Waals surface area contributed by atoms with E-state index in [4.69, 9.17) is 10.5 Å². The Kier molecular flexibility index (Phi) is 4.39. The summed E-state index contributed by atoms with van der Waals surface area (Å²) in [4.78, 5) is 0. The molecule has 94 valence electrons. The minimum atomic E-state index is 0.461. The molecule has 0 atom stereocenters. The quantitative estimate of drug-likeness (QED) is 0.916. The summed E-state index contributed by atoms with van der Waals surface area (Å²) < 4.78 is 6.99. The summed E-state index contributed by atoms with van der Waals surface area (Å²) in [5.41, 5.74) is 7.94. The SMILES string of the molecule is CCc1ccccc1Oc1ccc(Br)cc1CN. The van der Waals surface area contributed by atoms with Crippen LogP contribution in [0.2, 0.25) is 0 Å². The molecule has 0 heterocycles. The molecule has 2 nitrogen and oxygen atoms in total. The second-order valence-electron chi connectivity index (χ2n) is 4.02. The van der Waals surface area contributed by atoms with Gasteiger partial charge in [-0.2, -0.15) is 0 Å². The second-order valence-corrected chi connectivity index (χ2v) is 4.94. The van der Waals surface area contributed by atoms with Crippen LogP contribution in [0.25, 0.3) is 0 Å². The van der Waals surface area contributed by atoms with Crippen molar-refractivity contribution < 1.29 is 4.74 Å². The van der Waals surface area contributed by atoms with Gasteiger partial charge in [0.25, 0.3) is 0 Å². The molecule has 2 N–H and O–H groups in total. The summed E-state index contributed by atoms with van der Waals surface area (Å²) in [5.74, 6) is 1.72. The van der Waals surface area contributed by atoms with Crippen molar-refractivity contribution in [3.63, 3.8) is 0 Å². The van der Waals surface area contributed by atoms with Gasteiger partial charge in [0.15, 0.2) is 0 Å². The highest BCUT2D eigenvalue weighted by molar-refractivity contribution is 9.10. The Morgan fingerprint density at radius 3 is 2.50 bits per heavy atom. The standard InChI is InChI=1S/C15H16BrNO/c1-2-11-5-3-4-6-14(11)18-15-8-7-13(16)9-12(15)10-17/h3-9H,2,10,17H2,1H3. The molecule has 0 fully saturated rings. The summed E-state index contributed by atoms with van der Waals surface area (Å²) in [6.07, 6.45) is 0.949. The summed E-state index contributed by atoms with van der Waals surface area (Å²) in [5, 5.41) is 0. The zero-order chi connectivity index (χ0) is 13.0. The normalized spacial score (nSPS) is 10.4. The number of rotatable bonds is 4. The number of para-hydroxylation sites is 1. The second kappa shape index (κ2) is 6.03. The van der Waals surface area contributed by atoms with Gasteiger partial charge in [0.1, 0.15) is 11.5 Å². The van der Waals surface area contributed by atoms with Crippen molar-refractivity contribution in [1.82, 2.24) is 0 Å². The van der Waals surface area contributed by atoms with E-state index >= 15 is 0 Å². The first-order chi connectivity index (χ1) is 8.74. The minimum absolute atomic E-state index is 0.461. The summed E-state index contributed by atoms with van der Waals surface area (Å²) >= 11 is 3.44. The average molecular weight is 306 g/mol. The van der Waals surface area contributed by atoms with E-state index in [2.05, 4.69) is 28.9 Å². The number of aryl methyl sites for hydroxylation is 1. The lowest BCUT2D eigenvalue weighted by Crippen LogP contribution is -2.00. The van der Waals surface area contributed by atoms with E-state index < -0.39 is 0 Å². The Morgan fingerprint density at radius 2 is 1.78 bits per heavy atom. The molecule has 2 aromatic rings. The lowest BCUT2D eigenvalue weighted by Gasteiger charge is -2.13. The number of halogens is 1. The molecular formula is C15H16BrNO. The van der Waals surface area contributed by atoms with E-state index in [9.17, 15) is 0 Å². The topological polar surface area (TPSA) is 35.2 Å². The molecule has 0 saturated heterocycles. The van der Waals surface area contributed by atoms with Gasteiger partial charge in [0.2, 0.25) is 0 Å². The molecule has 0 bridgehead atoms. The van der Waals surface area contributed by atoms with Gasteiger partial charge in [-0.15, -0.1) is 0 Å². The highest BCUT2D eigenvalue weighted by atomic mass is 79.9. The molecule has 0 saturated carbocycles. The fourth-order valence-corrected chi connectivity index (χ4v) is 2.23. The maximum absolute atomic E-state index is 5.98. The first-order valence-electron chi connectivity index (χ1n) is 5.99. The predicted molar refractivity (Wildman–Crippen MR) is 77.9 cm³/mol. The van der Waals surface area contributed by atoms with Gasteiger partial charge in [0, 0.05) is 16.6 Å². The fourth-order valence-electron chi connectivity index (χ4n) is 1.82. The lowest BCUT2D eigenvalue weighted by atomic mass is 10.1. The zero-order valence-corrected chi connectivity index (χ0v) is 11.9. The summed E-state index contributed by atoms with van der Waals surface area (Å²) in [7, 11) is 0. The van der Waals surface area contributed by atoms with Gasteiger partial charge >= 0.3 is 0 Å². The van der Waals surface area contributed by atoms with Crippen LogP contribution >= 0.6 is 15.9 Å². The Balaban J connectivity index is 2.33. The molecule has 0 radical (unpaired) electrons. The molecule has 18 heavy (non-hydrogen) atoms. The maximum atomic E-state index is 5.98. The van der Waals surface area contributed by atoms with Crippen molar-refractivity contribution in [2.24, 2.45) is 5.73 Å². The van der Waals surface area contributed by atoms with E-state index in [1.807, 2.05) is 36.4 Å². The predicted octanol–water partition coefficient (Wildman–Crippen LogP) is 4.26. The smallest absolute Gasteiger partial charge is 0.132 e. The number of hydrogen-bond acceptors (Lipinski definition) is 2. The van der Waals surface area contributed by atoms with Gasteiger partial charge in [-0.05, 0) is 36.2 Å². The van der Waals surface area contributed by atoms with Crippen molar-refractivity contribution in [3.05, 3.63) is 58.1 Å². The molecule has 0 aromatic heterocycles. The third-order valence-corrected chi connectivity index (χ3v) is 3.31. The third kappa shape index (κ3) is 2.92.